The van der Waals surface area contributed by atoms with E-state index < -0.39 is 0 Å². The SMILES string of the molecule is CCc1cc(NC(=O)C2CNCC2C)n[nH]1. The summed E-state index contributed by atoms with van der Waals surface area (Å²) >= 11 is 0. The lowest BCUT2D eigenvalue weighted by Crippen LogP contribution is -2.27. The summed E-state index contributed by atoms with van der Waals surface area (Å²) in [5.41, 5.74) is 1.04. The number of rotatable bonds is 3. The van der Waals surface area contributed by atoms with Gasteiger partial charge in [-0.25, -0.2) is 0 Å². The summed E-state index contributed by atoms with van der Waals surface area (Å²) in [6, 6.07) is 1.88. The van der Waals surface area contributed by atoms with E-state index in [2.05, 4.69) is 27.8 Å². The van der Waals surface area contributed by atoms with Crippen LogP contribution in [0.3, 0.4) is 0 Å². The molecular formula is C11H18N4O. The molecule has 2 rings (SSSR count). The number of anilines is 1. The molecule has 0 aromatic carbocycles. The number of nitrogens with zero attached hydrogens (tertiary/aromatic N) is 1. The molecule has 0 spiro atoms. The Balaban J connectivity index is 1.96. The maximum absolute atomic E-state index is 11.9. The van der Waals surface area contributed by atoms with Crippen LogP contribution in [0.5, 0.6) is 0 Å². The normalized spacial score (nSPS) is 24.6. The maximum Gasteiger partial charge on any atom is 0.230 e. The van der Waals surface area contributed by atoms with Crippen LogP contribution in [-0.2, 0) is 11.2 Å². The van der Waals surface area contributed by atoms with Crippen LogP contribution in [-0.4, -0.2) is 29.2 Å². The molecule has 88 valence electrons. The number of hydrogen-bond acceptors (Lipinski definition) is 3. The van der Waals surface area contributed by atoms with Crippen LogP contribution in [0.25, 0.3) is 0 Å². The molecule has 1 aliphatic heterocycles. The van der Waals surface area contributed by atoms with Crippen LogP contribution < -0.4 is 10.6 Å². The van der Waals surface area contributed by atoms with E-state index in [9.17, 15) is 4.79 Å². The van der Waals surface area contributed by atoms with Gasteiger partial charge in [0.15, 0.2) is 5.82 Å². The molecule has 1 fully saturated rings. The Kier molecular flexibility index (Phi) is 3.24. The Labute approximate surface area is 95.0 Å². The van der Waals surface area contributed by atoms with E-state index in [1.165, 1.54) is 0 Å². The zero-order valence-corrected chi connectivity index (χ0v) is 9.71. The van der Waals surface area contributed by atoms with E-state index in [-0.39, 0.29) is 11.8 Å². The second-order valence-corrected chi connectivity index (χ2v) is 4.36. The monoisotopic (exact) mass is 222 g/mol. The summed E-state index contributed by atoms with van der Waals surface area (Å²) in [5.74, 6) is 1.14. The predicted molar refractivity (Wildman–Crippen MR) is 62.1 cm³/mol. The molecule has 1 amide bonds. The molecule has 5 heteroatoms. The van der Waals surface area contributed by atoms with E-state index in [1.807, 2.05) is 13.0 Å². The largest absolute Gasteiger partial charge is 0.316 e. The van der Waals surface area contributed by atoms with Gasteiger partial charge in [0.1, 0.15) is 0 Å². The molecule has 0 aliphatic carbocycles. The molecule has 16 heavy (non-hydrogen) atoms. The quantitative estimate of drug-likeness (QED) is 0.707. The van der Waals surface area contributed by atoms with Crippen molar-refractivity contribution in [3.05, 3.63) is 11.8 Å². The average molecular weight is 222 g/mol. The maximum atomic E-state index is 11.9. The van der Waals surface area contributed by atoms with Crippen molar-refractivity contribution in [1.82, 2.24) is 15.5 Å². The highest BCUT2D eigenvalue weighted by Crippen LogP contribution is 2.18. The van der Waals surface area contributed by atoms with E-state index >= 15 is 0 Å². The molecule has 5 nitrogen and oxygen atoms in total. The minimum absolute atomic E-state index is 0.0572. The van der Waals surface area contributed by atoms with Gasteiger partial charge in [0.2, 0.25) is 5.91 Å². The van der Waals surface area contributed by atoms with Crippen LogP contribution in [0.2, 0.25) is 0 Å². The predicted octanol–water partition coefficient (Wildman–Crippen LogP) is 0.766. The molecule has 2 heterocycles. The highest BCUT2D eigenvalue weighted by molar-refractivity contribution is 5.92. The fourth-order valence-electron chi connectivity index (χ4n) is 1.99. The molecule has 1 aromatic rings. The fraction of sp³-hybridized carbons (Fsp3) is 0.636. The van der Waals surface area contributed by atoms with Crippen molar-refractivity contribution >= 4 is 11.7 Å². The molecule has 2 atom stereocenters. The van der Waals surface area contributed by atoms with Crippen molar-refractivity contribution < 1.29 is 4.79 Å². The van der Waals surface area contributed by atoms with Gasteiger partial charge < -0.3 is 10.6 Å². The van der Waals surface area contributed by atoms with Crippen molar-refractivity contribution in [1.29, 1.82) is 0 Å². The standard InChI is InChI=1S/C11H18N4O/c1-3-8-4-10(15-14-8)13-11(16)9-6-12-5-7(9)2/h4,7,9,12H,3,5-6H2,1-2H3,(H2,13,14,15,16). The van der Waals surface area contributed by atoms with Gasteiger partial charge >= 0.3 is 0 Å². The summed E-state index contributed by atoms with van der Waals surface area (Å²) in [6.07, 6.45) is 0.893. The first-order chi connectivity index (χ1) is 7.70. The number of aromatic amines is 1. The van der Waals surface area contributed by atoms with Gasteiger partial charge in [-0.3, -0.25) is 9.89 Å². The lowest BCUT2D eigenvalue weighted by molar-refractivity contribution is -0.120. The minimum Gasteiger partial charge on any atom is -0.316 e. The van der Waals surface area contributed by atoms with Gasteiger partial charge in [0.25, 0.3) is 0 Å². The topological polar surface area (TPSA) is 69.8 Å². The second-order valence-electron chi connectivity index (χ2n) is 4.36. The molecule has 2 unspecified atom stereocenters. The summed E-state index contributed by atoms with van der Waals surface area (Å²) < 4.78 is 0. The molecule has 0 saturated carbocycles. The zero-order chi connectivity index (χ0) is 11.5. The Morgan fingerprint density at radius 3 is 3.00 bits per heavy atom. The number of nitrogens with one attached hydrogen (secondary N) is 3. The summed E-state index contributed by atoms with van der Waals surface area (Å²) in [6.45, 7) is 5.81. The summed E-state index contributed by atoms with van der Waals surface area (Å²) in [4.78, 5) is 11.9. The van der Waals surface area contributed by atoms with Gasteiger partial charge in [0, 0.05) is 18.3 Å². The first-order valence-corrected chi connectivity index (χ1v) is 5.76. The van der Waals surface area contributed by atoms with Crippen LogP contribution in [0.15, 0.2) is 6.07 Å². The average Bonchev–Trinajstić information content (AvgIpc) is 2.86. The van der Waals surface area contributed by atoms with Crippen molar-refractivity contribution in [2.75, 3.05) is 18.4 Å². The van der Waals surface area contributed by atoms with Crippen LogP contribution >= 0.6 is 0 Å². The smallest absolute Gasteiger partial charge is 0.230 e. The third-order valence-corrected chi connectivity index (χ3v) is 3.12. The van der Waals surface area contributed by atoms with Gasteiger partial charge in [0.05, 0.1) is 5.92 Å². The van der Waals surface area contributed by atoms with E-state index in [0.717, 1.165) is 25.2 Å². The van der Waals surface area contributed by atoms with Crippen molar-refractivity contribution in [3.63, 3.8) is 0 Å². The number of carbonyl (C=O) groups excluding carboxylic acids is 1. The molecular weight excluding hydrogens is 204 g/mol. The van der Waals surface area contributed by atoms with Gasteiger partial charge in [-0.2, -0.15) is 5.10 Å². The van der Waals surface area contributed by atoms with Gasteiger partial charge in [-0.05, 0) is 18.9 Å². The number of carbonyl (C=O) groups is 1. The van der Waals surface area contributed by atoms with E-state index in [1.54, 1.807) is 0 Å². The number of amides is 1. The first kappa shape index (κ1) is 11.1. The van der Waals surface area contributed by atoms with Crippen molar-refractivity contribution in [2.24, 2.45) is 11.8 Å². The van der Waals surface area contributed by atoms with Crippen LogP contribution in [0, 0.1) is 11.8 Å². The fourth-order valence-corrected chi connectivity index (χ4v) is 1.99. The molecule has 1 aromatic heterocycles. The first-order valence-electron chi connectivity index (χ1n) is 5.76. The van der Waals surface area contributed by atoms with Crippen molar-refractivity contribution in [2.45, 2.75) is 20.3 Å². The van der Waals surface area contributed by atoms with Crippen LogP contribution in [0.4, 0.5) is 5.82 Å². The van der Waals surface area contributed by atoms with Gasteiger partial charge in [-0.15, -0.1) is 0 Å². The van der Waals surface area contributed by atoms with Crippen LogP contribution in [0.1, 0.15) is 19.5 Å². The molecule has 1 saturated heterocycles. The Morgan fingerprint density at radius 2 is 2.44 bits per heavy atom. The lowest BCUT2D eigenvalue weighted by Gasteiger charge is -2.12. The number of aryl methyl sites for hydroxylation is 1. The second kappa shape index (κ2) is 4.65. The molecule has 0 radical (unpaired) electrons. The van der Waals surface area contributed by atoms with E-state index in [4.69, 9.17) is 0 Å². The minimum atomic E-state index is 0.0572. The lowest BCUT2D eigenvalue weighted by atomic mass is 9.97. The summed E-state index contributed by atoms with van der Waals surface area (Å²) in [5, 5.41) is 13.0. The van der Waals surface area contributed by atoms with Crippen molar-refractivity contribution in [3.8, 4) is 0 Å². The highest BCUT2D eigenvalue weighted by atomic mass is 16.2. The Hall–Kier alpha value is -1.36. The Bertz CT molecular complexity index is 374. The number of H-pyrrole nitrogens is 1. The number of aromatic nitrogens is 2. The third kappa shape index (κ3) is 2.24. The molecule has 1 aliphatic rings. The third-order valence-electron chi connectivity index (χ3n) is 3.12. The number of hydrogen-bond donors (Lipinski definition) is 3. The highest BCUT2D eigenvalue weighted by Gasteiger charge is 2.29. The molecule has 3 N–H and O–H groups in total. The molecule has 0 bridgehead atoms. The van der Waals surface area contributed by atoms with Gasteiger partial charge in [-0.1, -0.05) is 13.8 Å². The van der Waals surface area contributed by atoms with E-state index in [0.29, 0.717) is 11.7 Å². The zero-order valence-electron chi connectivity index (χ0n) is 9.71. The Morgan fingerprint density at radius 1 is 1.62 bits per heavy atom. The summed E-state index contributed by atoms with van der Waals surface area (Å²) in [7, 11) is 0.